The number of non-ortho nitro benzene ring substituents is 1. The standard InChI is InChI=1S/C22H18N4O5S2/c1-3-9-25-21(28)19-16(17-8-7-13(2)31-17)11-32-20(19)24-22(25)33-12-18(27)23-14-5-4-6-15(10-14)26(29)30/h3-8,10-11H,1,9,12H2,2H3,(H,23,27). The van der Waals surface area contributed by atoms with Crippen molar-refractivity contribution in [3.8, 4) is 11.3 Å². The van der Waals surface area contributed by atoms with Gasteiger partial charge in [0, 0.05) is 35.3 Å². The van der Waals surface area contributed by atoms with Crippen molar-refractivity contribution in [1.29, 1.82) is 0 Å². The van der Waals surface area contributed by atoms with Crippen LogP contribution in [0.3, 0.4) is 0 Å². The maximum atomic E-state index is 13.3. The zero-order chi connectivity index (χ0) is 23.5. The van der Waals surface area contributed by atoms with E-state index in [1.807, 2.05) is 24.4 Å². The molecule has 1 N–H and O–H groups in total. The molecule has 0 fully saturated rings. The van der Waals surface area contributed by atoms with Crippen LogP contribution in [0.25, 0.3) is 21.5 Å². The number of thiophene rings is 1. The highest BCUT2D eigenvalue weighted by molar-refractivity contribution is 7.99. The lowest BCUT2D eigenvalue weighted by molar-refractivity contribution is -0.384. The van der Waals surface area contributed by atoms with Crippen molar-refractivity contribution in [1.82, 2.24) is 9.55 Å². The summed E-state index contributed by atoms with van der Waals surface area (Å²) in [5.74, 6) is 0.927. The van der Waals surface area contributed by atoms with Crippen molar-refractivity contribution in [2.75, 3.05) is 11.1 Å². The third-order valence-corrected chi connectivity index (χ3v) is 6.50. The highest BCUT2D eigenvalue weighted by Crippen LogP contribution is 2.33. The molecule has 168 valence electrons. The van der Waals surface area contributed by atoms with Crippen molar-refractivity contribution in [2.24, 2.45) is 0 Å². The van der Waals surface area contributed by atoms with Crippen molar-refractivity contribution >= 4 is 50.6 Å². The summed E-state index contributed by atoms with van der Waals surface area (Å²) in [6, 6.07) is 9.33. The molecule has 4 aromatic rings. The lowest BCUT2D eigenvalue weighted by Gasteiger charge is -2.10. The van der Waals surface area contributed by atoms with E-state index in [4.69, 9.17) is 4.42 Å². The Kier molecular flexibility index (Phi) is 6.43. The van der Waals surface area contributed by atoms with Crippen LogP contribution in [0.4, 0.5) is 11.4 Å². The van der Waals surface area contributed by atoms with Gasteiger partial charge in [0.15, 0.2) is 5.16 Å². The first-order valence-electron chi connectivity index (χ1n) is 9.74. The zero-order valence-corrected chi connectivity index (χ0v) is 19.1. The molecule has 0 spiro atoms. The Morgan fingerprint density at radius 2 is 2.21 bits per heavy atom. The minimum absolute atomic E-state index is 0.0343. The number of nitrogens with one attached hydrogen (secondary N) is 1. The van der Waals surface area contributed by atoms with Gasteiger partial charge in [0.2, 0.25) is 5.91 Å². The number of furan rings is 1. The number of fused-ring (bicyclic) bond motifs is 1. The number of thioether (sulfide) groups is 1. The fourth-order valence-corrected chi connectivity index (χ4v) is 4.97. The molecule has 0 aliphatic rings. The summed E-state index contributed by atoms with van der Waals surface area (Å²) in [6.07, 6.45) is 1.59. The number of allylic oxidation sites excluding steroid dienone is 1. The average Bonchev–Trinajstić information content (AvgIpc) is 3.40. The average molecular weight is 483 g/mol. The van der Waals surface area contributed by atoms with Crippen LogP contribution in [0.15, 0.2) is 68.8 Å². The smallest absolute Gasteiger partial charge is 0.271 e. The number of hydrogen-bond acceptors (Lipinski definition) is 8. The molecule has 9 nitrogen and oxygen atoms in total. The molecule has 3 aromatic heterocycles. The Morgan fingerprint density at radius 1 is 1.39 bits per heavy atom. The summed E-state index contributed by atoms with van der Waals surface area (Å²) in [5, 5.41) is 16.2. The molecule has 0 saturated carbocycles. The summed E-state index contributed by atoms with van der Waals surface area (Å²) < 4.78 is 7.16. The van der Waals surface area contributed by atoms with E-state index in [2.05, 4.69) is 16.9 Å². The number of nitro groups is 1. The highest BCUT2D eigenvalue weighted by Gasteiger charge is 2.19. The van der Waals surface area contributed by atoms with Gasteiger partial charge in [-0.25, -0.2) is 4.98 Å². The first-order valence-corrected chi connectivity index (χ1v) is 11.6. The van der Waals surface area contributed by atoms with Crippen LogP contribution in [0.5, 0.6) is 0 Å². The van der Waals surface area contributed by atoms with E-state index in [1.165, 1.54) is 34.1 Å². The van der Waals surface area contributed by atoms with Crippen molar-refractivity contribution < 1.29 is 14.1 Å². The fourth-order valence-electron chi connectivity index (χ4n) is 3.19. The fraction of sp³-hybridized carbons (Fsp3) is 0.136. The van der Waals surface area contributed by atoms with E-state index in [9.17, 15) is 19.7 Å². The summed E-state index contributed by atoms with van der Waals surface area (Å²) >= 11 is 2.43. The molecule has 4 rings (SSSR count). The van der Waals surface area contributed by atoms with Crippen LogP contribution in [-0.2, 0) is 11.3 Å². The van der Waals surface area contributed by atoms with Gasteiger partial charge in [-0.3, -0.25) is 24.3 Å². The van der Waals surface area contributed by atoms with Gasteiger partial charge in [0.05, 0.1) is 16.1 Å². The van der Waals surface area contributed by atoms with Gasteiger partial charge in [-0.15, -0.1) is 17.9 Å². The monoisotopic (exact) mass is 482 g/mol. The Bertz CT molecular complexity index is 1440. The Hall–Kier alpha value is -3.70. The molecular formula is C22H18N4O5S2. The topological polar surface area (TPSA) is 120 Å². The number of carbonyl (C=O) groups is 1. The third-order valence-electron chi connectivity index (χ3n) is 4.65. The minimum Gasteiger partial charge on any atom is -0.461 e. The van der Waals surface area contributed by atoms with E-state index in [1.54, 1.807) is 12.1 Å². The van der Waals surface area contributed by atoms with Crippen molar-refractivity contribution in [3.05, 3.63) is 80.7 Å². The number of amides is 1. The molecule has 1 amide bonds. The molecule has 0 atom stereocenters. The number of nitro benzene ring substituents is 1. The van der Waals surface area contributed by atoms with Gasteiger partial charge in [-0.1, -0.05) is 23.9 Å². The lowest BCUT2D eigenvalue weighted by atomic mass is 10.2. The Morgan fingerprint density at radius 3 is 2.91 bits per heavy atom. The van der Waals surface area contributed by atoms with Crippen LogP contribution in [0.1, 0.15) is 5.76 Å². The summed E-state index contributed by atoms with van der Waals surface area (Å²) in [7, 11) is 0. The highest BCUT2D eigenvalue weighted by atomic mass is 32.2. The normalized spacial score (nSPS) is 10.9. The summed E-state index contributed by atoms with van der Waals surface area (Å²) in [6.45, 7) is 5.77. The van der Waals surface area contributed by atoms with E-state index >= 15 is 0 Å². The predicted molar refractivity (Wildman–Crippen MR) is 129 cm³/mol. The second-order valence-corrected chi connectivity index (χ2v) is 8.78. The molecule has 33 heavy (non-hydrogen) atoms. The number of rotatable bonds is 8. The number of aryl methyl sites for hydroxylation is 1. The quantitative estimate of drug-likeness (QED) is 0.125. The molecule has 0 bridgehead atoms. The second kappa shape index (κ2) is 9.43. The number of nitrogens with zero attached hydrogens (tertiary/aromatic N) is 3. The third kappa shape index (κ3) is 4.73. The van der Waals surface area contributed by atoms with E-state index in [-0.39, 0.29) is 29.5 Å². The van der Waals surface area contributed by atoms with Crippen LogP contribution < -0.4 is 10.9 Å². The zero-order valence-electron chi connectivity index (χ0n) is 17.4. The number of carbonyl (C=O) groups excluding carboxylic acids is 1. The number of hydrogen-bond donors (Lipinski definition) is 1. The van der Waals surface area contributed by atoms with Crippen LogP contribution in [0.2, 0.25) is 0 Å². The SMILES string of the molecule is C=CCn1c(SCC(=O)Nc2cccc([N+](=O)[O-])c2)nc2scc(-c3ccc(C)o3)c2c1=O. The van der Waals surface area contributed by atoms with E-state index in [0.717, 1.165) is 17.5 Å². The van der Waals surface area contributed by atoms with Gasteiger partial charge in [0.25, 0.3) is 11.2 Å². The number of aromatic nitrogens is 2. The molecular weight excluding hydrogens is 464 g/mol. The molecule has 0 aliphatic carbocycles. The van der Waals surface area contributed by atoms with Gasteiger partial charge >= 0.3 is 0 Å². The molecule has 3 heterocycles. The summed E-state index contributed by atoms with van der Waals surface area (Å²) in [5.41, 5.74) is 0.635. The summed E-state index contributed by atoms with van der Waals surface area (Å²) in [4.78, 5) is 41.3. The number of benzene rings is 1. The van der Waals surface area contributed by atoms with Crippen molar-refractivity contribution in [3.63, 3.8) is 0 Å². The molecule has 0 aliphatic heterocycles. The largest absolute Gasteiger partial charge is 0.461 e. The first kappa shape index (κ1) is 22.5. The molecule has 0 unspecified atom stereocenters. The Balaban J connectivity index is 1.60. The van der Waals surface area contributed by atoms with Gasteiger partial charge in [0.1, 0.15) is 16.4 Å². The lowest BCUT2D eigenvalue weighted by Crippen LogP contribution is -2.23. The Labute approximate surface area is 195 Å². The molecule has 0 saturated heterocycles. The molecule has 11 heteroatoms. The van der Waals surface area contributed by atoms with Crippen LogP contribution in [0, 0.1) is 17.0 Å². The van der Waals surface area contributed by atoms with Crippen LogP contribution in [-0.4, -0.2) is 26.1 Å². The number of anilines is 1. The van der Waals surface area contributed by atoms with Crippen molar-refractivity contribution in [2.45, 2.75) is 18.6 Å². The molecule has 0 radical (unpaired) electrons. The van der Waals surface area contributed by atoms with Gasteiger partial charge in [-0.2, -0.15) is 0 Å². The van der Waals surface area contributed by atoms with Gasteiger partial charge in [-0.05, 0) is 25.1 Å². The van der Waals surface area contributed by atoms with E-state index in [0.29, 0.717) is 32.4 Å². The predicted octanol–water partition coefficient (Wildman–Crippen LogP) is 4.85. The molecule has 1 aromatic carbocycles. The van der Waals surface area contributed by atoms with Crippen LogP contribution >= 0.6 is 23.1 Å². The second-order valence-electron chi connectivity index (χ2n) is 6.98. The maximum absolute atomic E-state index is 13.3. The van der Waals surface area contributed by atoms with Gasteiger partial charge < -0.3 is 9.73 Å². The van der Waals surface area contributed by atoms with E-state index < -0.39 is 4.92 Å². The first-order chi connectivity index (χ1) is 15.9. The maximum Gasteiger partial charge on any atom is 0.271 e. The minimum atomic E-state index is -0.531.